The SMILES string of the molecule is CC(C)C(C)OCCCC(C)(NC1CC1)C(=O)O. The molecule has 1 rings (SSSR count). The fourth-order valence-corrected chi connectivity index (χ4v) is 1.81. The van der Waals surface area contributed by atoms with Gasteiger partial charge in [-0.2, -0.15) is 0 Å². The Balaban J connectivity index is 2.27. The van der Waals surface area contributed by atoms with E-state index in [0.29, 0.717) is 25.0 Å². The highest BCUT2D eigenvalue weighted by Gasteiger charge is 2.37. The minimum absolute atomic E-state index is 0.234. The van der Waals surface area contributed by atoms with E-state index in [0.717, 1.165) is 19.3 Å². The van der Waals surface area contributed by atoms with Crippen molar-refractivity contribution < 1.29 is 14.6 Å². The maximum absolute atomic E-state index is 11.3. The van der Waals surface area contributed by atoms with Crippen LogP contribution in [0.3, 0.4) is 0 Å². The van der Waals surface area contributed by atoms with Crippen molar-refractivity contribution in [2.45, 2.75) is 71.1 Å². The smallest absolute Gasteiger partial charge is 0.323 e. The molecule has 0 aromatic rings. The summed E-state index contributed by atoms with van der Waals surface area (Å²) in [6.07, 6.45) is 3.83. The molecular formula is C14H27NO3. The zero-order valence-electron chi connectivity index (χ0n) is 12.0. The van der Waals surface area contributed by atoms with E-state index in [1.165, 1.54) is 0 Å². The quantitative estimate of drug-likeness (QED) is 0.623. The van der Waals surface area contributed by atoms with Crippen LogP contribution in [0, 0.1) is 5.92 Å². The van der Waals surface area contributed by atoms with Gasteiger partial charge in [-0.05, 0) is 45.4 Å². The van der Waals surface area contributed by atoms with Crippen molar-refractivity contribution in [1.82, 2.24) is 5.32 Å². The standard InChI is InChI=1S/C14H27NO3/c1-10(2)11(3)18-9-5-8-14(4,13(16)17)15-12-6-7-12/h10-12,15H,5-9H2,1-4H3,(H,16,17). The van der Waals surface area contributed by atoms with Crippen LogP contribution < -0.4 is 5.32 Å². The van der Waals surface area contributed by atoms with Crippen LogP contribution in [0.25, 0.3) is 0 Å². The lowest BCUT2D eigenvalue weighted by Gasteiger charge is -2.27. The molecule has 2 unspecified atom stereocenters. The first-order valence-electron chi connectivity index (χ1n) is 6.98. The molecule has 0 amide bonds. The lowest BCUT2D eigenvalue weighted by atomic mass is 9.96. The number of carboxylic acids is 1. The van der Waals surface area contributed by atoms with Gasteiger partial charge in [0.2, 0.25) is 0 Å². The summed E-state index contributed by atoms with van der Waals surface area (Å²) < 4.78 is 5.68. The van der Waals surface area contributed by atoms with E-state index in [2.05, 4.69) is 26.1 Å². The first-order valence-corrected chi connectivity index (χ1v) is 6.98. The molecule has 4 nitrogen and oxygen atoms in total. The molecule has 106 valence electrons. The van der Waals surface area contributed by atoms with Crippen LogP contribution >= 0.6 is 0 Å². The molecule has 0 radical (unpaired) electrons. The van der Waals surface area contributed by atoms with Gasteiger partial charge >= 0.3 is 5.97 Å². The molecule has 0 spiro atoms. The average molecular weight is 257 g/mol. The Morgan fingerprint density at radius 2 is 2.06 bits per heavy atom. The molecule has 4 heteroatoms. The van der Waals surface area contributed by atoms with Crippen LogP contribution in [-0.4, -0.2) is 35.4 Å². The van der Waals surface area contributed by atoms with E-state index in [4.69, 9.17) is 4.74 Å². The highest BCUT2D eigenvalue weighted by Crippen LogP contribution is 2.25. The van der Waals surface area contributed by atoms with Gasteiger partial charge in [0.25, 0.3) is 0 Å². The van der Waals surface area contributed by atoms with Gasteiger partial charge in [-0.25, -0.2) is 0 Å². The number of nitrogens with one attached hydrogen (secondary N) is 1. The molecule has 1 aliphatic rings. The highest BCUT2D eigenvalue weighted by molar-refractivity contribution is 5.78. The first-order chi connectivity index (χ1) is 8.35. The summed E-state index contributed by atoms with van der Waals surface area (Å²) in [4.78, 5) is 11.3. The normalized spacial score (nSPS) is 20.7. The van der Waals surface area contributed by atoms with Crippen molar-refractivity contribution in [1.29, 1.82) is 0 Å². The Bertz CT molecular complexity index is 276. The third-order valence-electron chi connectivity index (χ3n) is 3.71. The van der Waals surface area contributed by atoms with Gasteiger partial charge in [0.1, 0.15) is 5.54 Å². The third kappa shape index (κ3) is 4.94. The lowest BCUT2D eigenvalue weighted by Crippen LogP contribution is -2.50. The summed E-state index contributed by atoms with van der Waals surface area (Å²) in [5.74, 6) is -0.258. The van der Waals surface area contributed by atoms with Gasteiger partial charge in [-0.1, -0.05) is 13.8 Å². The number of aliphatic carboxylic acids is 1. The lowest BCUT2D eigenvalue weighted by molar-refractivity contribution is -0.144. The number of rotatable bonds is 9. The number of carboxylic acid groups (broad SMARTS) is 1. The molecular weight excluding hydrogens is 230 g/mol. The van der Waals surface area contributed by atoms with E-state index in [-0.39, 0.29) is 6.10 Å². The second-order valence-corrected chi connectivity index (χ2v) is 5.98. The van der Waals surface area contributed by atoms with E-state index in [9.17, 15) is 9.90 Å². The zero-order chi connectivity index (χ0) is 13.8. The molecule has 1 aliphatic carbocycles. The van der Waals surface area contributed by atoms with Gasteiger partial charge in [0, 0.05) is 12.6 Å². The molecule has 0 aromatic carbocycles. The molecule has 1 fully saturated rings. The van der Waals surface area contributed by atoms with Gasteiger partial charge in [-0.3, -0.25) is 10.1 Å². The average Bonchev–Trinajstić information content (AvgIpc) is 3.07. The minimum atomic E-state index is -0.800. The Morgan fingerprint density at radius 3 is 2.50 bits per heavy atom. The number of ether oxygens (including phenoxy) is 1. The van der Waals surface area contributed by atoms with Crippen molar-refractivity contribution in [3.05, 3.63) is 0 Å². The molecule has 18 heavy (non-hydrogen) atoms. The fourth-order valence-electron chi connectivity index (χ4n) is 1.81. The van der Waals surface area contributed by atoms with Crippen molar-refractivity contribution in [3.63, 3.8) is 0 Å². The fraction of sp³-hybridized carbons (Fsp3) is 0.929. The van der Waals surface area contributed by atoms with E-state index < -0.39 is 11.5 Å². The molecule has 0 aliphatic heterocycles. The van der Waals surface area contributed by atoms with Crippen LogP contribution in [0.5, 0.6) is 0 Å². The maximum Gasteiger partial charge on any atom is 0.323 e. The Kier molecular flexibility index (Phi) is 5.60. The molecule has 2 N–H and O–H groups in total. The summed E-state index contributed by atoms with van der Waals surface area (Å²) in [5.41, 5.74) is -0.800. The topological polar surface area (TPSA) is 58.6 Å². The Morgan fingerprint density at radius 1 is 1.44 bits per heavy atom. The maximum atomic E-state index is 11.3. The molecule has 0 saturated heterocycles. The van der Waals surface area contributed by atoms with E-state index in [1.54, 1.807) is 6.92 Å². The Labute approximate surface area is 110 Å². The predicted molar refractivity (Wildman–Crippen MR) is 71.7 cm³/mol. The van der Waals surface area contributed by atoms with Crippen LogP contribution in [0.4, 0.5) is 0 Å². The third-order valence-corrected chi connectivity index (χ3v) is 3.71. The summed E-state index contributed by atoms with van der Waals surface area (Å²) in [6.45, 7) is 8.72. The molecule has 1 saturated carbocycles. The molecule has 0 bridgehead atoms. The van der Waals surface area contributed by atoms with Gasteiger partial charge in [-0.15, -0.1) is 0 Å². The highest BCUT2D eigenvalue weighted by atomic mass is 16.5. The van der Waals surface area contributed by atoms with Crippen LogP contribution in [-0.2, 0) is 9.53 Å². The summed E-state index contributed by atoms with van der Waals surface area (Å²) in [5, 5.41) is 12.5. The van der Waals surface area contributed by atoms with Gasteiger partial charge in [0.05, 0.1) is 6.10 Å². The zero-order valence-corrected chi connectivity index (χ0v) is 12.0. The van der Waals surface area contributed by atoms with Crippen molar-refractivity contribution in [2.24, 2.45) is 5.92 Å². The van der Waals surface area contributed by atoms with Crippen molar-refractivity contribution in [2.75, 3.05) is 6.61 Å². The van der Waals surface area contributed by atoms with Crippen molar-refractivity contribution >= 4 is 5.97 Å². The predicted octanol–water partition coefficient (Wildman–Crippen LogP) is 2.42. The Hall–Kier alpha value is -0.610. The first kappa shape index (κ1) is 15.4. The molecule has 2 atom stereocenters. The molecule has 0 heterocycles. The number of carbonyl (C=O) groups is 1. The van der Waals surface area contributed by atoms with Crippen molar-refractivity contribution in [3.8, 4) is 0 Å². The minimum Gasteiger partial charge on any atom is -0.480 e. The second kappa shape index (κ2) is 6.53. The second-order valence-electron chi connectivity index (χ2n) is 5.98. The number of hydrogen-bond acceptors (Lipinski definition) is 3. The monoisotopic (exact) mass is 257 g/mol. The van der Waals surface area contributed by atoms with Crippen LogP contribution in [0.2, 0.25) is 0 Å². The van der Waals surface area contributed by atoms with E-state index >= 15 is 0 Å². The van der Waals surface area contributed by atoms with Gasteiger partial charge in [0.15, 0.2) is 0 Å². The largest absolute Gasteiger partial charge is 0.480 e. The number of hydrogen-bond donors (Lipinski definition) is 2. The summed E-state index contributed by atoms with van der Waals surface area (Å²) >= 11 is 0. The van der Waals surface area contributed by atoms with Crippen LogP contribution in [0.1, 0.15) is 53.4 Å². The van der Waals surface area contributed by atoms with E-state index in [1.807, 2.05) is 0 Å². The summed E-state index contributed by atoms with van der Waals surface area (Å²) in [7, 11) is 0. The molecule has 0 aromatic heterocycles. The van der Waals surface area contributed by atoms with Gasteiger partial charge < -0.3 is 9.84 Å². The summed E-state index contributed by atoms with van der Waals surface area (Å²) in [6, 6.07) is 0.404. The van der Waals surface area contributed by atoms with Crippen LogP contribution in [0.15, 0.2) is 0 Å².